The van der Waals surface area contributed by atoms with E-state index in [-0.39, 0.29) is 6.09 Å². The summed E-state index contributed by atoms with van der Waals surface area (Å²) in [4.78, 5) is 13.7. The smallest absolute Gasteiger partial charge is 0.410 e. The lowest BCUT2D eigenvalue weighted by atomic mass is 10.2. The second-order valence-corrected chi connectivity index (χ2v) is 4.57. The number of piperidine rings is 1. The molecule has 4 nitrogen and oxygen atoms in total. The number of fused-ring (bicyclic) bond motifs is 1. The van der Waals surface area contributed by atoms with Gasteiger partial charge in [0.15, 0.2) is 0 Å². The molecule has 2 heterocycles. The fraction of sp³-hybridized carbons (Fsp3) is 0.462. The number of carbonyl (C=O) groups excluding carboxylic acids is 1. The molecule has 2 aliphatic heterocycles. The van der Waals surface area contributed by atoms with E-state index in [0.29, 0.717) is 18.7 Å². The lowest BCUT2D eigenvalue weighted by Gasteiger charge is -2.06. The number of nitrogens with zero attached hydrogens (tertiary/aromatic N) is 1. The van der Waals surface area contributed by atoms with Crippen molar-refractivity contribution in [3.63, 3.8) is 0 Å². The van der Waals surface area contributed by atoms with E-state index >= 15 is 0 Å². The third kappa shape index (κ3) is 2.13. The molecule has 0 unspecified atom stereocenters. The molecule has 1 N–H and O–H groups in total. The first-order valence-corrected chi connectivity index (χ1v) is 6.06. The second-order valence-electron chi connectivity index (χ2n) is 4.57. The summed E-state index contributed by atoms with van der Waals surface area (Å²) in [5, 5.41) is 3.29. The first kappa shape index (κ1) is 10.6. The van der Waals surface area contributed by atoms with E-state index in [2.05, 4.69) is 5.32 Å². The van der Waals surface area contributed by atoms with Crippen LogP contribution in [0.15, 0.2) is 30.3 Å². The highest BCUT2D eigenvalue weighted by atomic mass is 16.6. The zero-order valence-electron chi connectivity index (χ0n) is 9.63. The van der Waals surface area contributed by atoms with Gasteiger partial charge < -0.3 is 10.1 Å². The number of carbonyl (C=O) groups is 1. The summed E-state index contributed by atoms with van der Waals surface area (Å²) in [6, 6.07) is 10.6. The molecule has 0 spiro atoms. The molecule has 1 aromatic carbocycles. The van der Waals surface area contributed by atoms with Gasteiger partial charge in [0.1, 0.15) is 6.61 Å². The number of rotatable bonds is 2. The summed E-state index contributed by atoms with van der Waals surface area (Å²) in [6.07, 6.45) is 0.873. The molecule has 3 rings (SSSR count). The Morgan fingerprint density at radius 2 is 2.18 bits per heavy atom. The molecule has 17 heavy (non-hydrogen) atoms. The molecule has 4 heteroatoms. The monoisotopic (exact) mass is 232 g/mol. The Bertz CT molecular complexity index is 395. The summed E-state index contributed by atoms with van der Waals surface area (Å²) in [6.45, 7) is 2.28. The summed E-state index contributed by atoms with van der Waals surface area (Å²) in [7, 11) is 0. The van der Waals surface area contributed by atoms with Gasteiger partial charge in [-0.05, 0) is 18.5 Å². The van der Waals surface area contributed by atoms with Crippen molar-refractivity contribution in [2.45, 2.75) is 25.1 Å². The topological polar surface area (TPSA) is 41.3 Å². The molecule has 2 aliphatic rings. The van der Waals surface area contributed by atoms with Gasteiger partial charge in [-0.2, -0.15) is 0 Å². The maximum Gasteiger partial charge on any atom is 0.410 e. The van der Waals surface area contributed by atoms with Gasteiger partial charge in [-0.15, -0.1) is 0 Å². The van der Waals surface area contributed by atoms with Gasteiger partial charge in [-0.25, -0.2) is 4.79 Å². The van der Waals surface area contributed by atoms with Crippen LogP contribution in [0, 0.1) is 0 Å². The van der Waals surface area contributed by atoms with Crippen LogP contribution in [0.4, 0.5) is 4.79 Å². The highest BCUT2D eigenvalue weighted by Gasteiger charge is 2.52. The molecular weight excluding hydrogens is 216 g/mol. The van der Waals surface area contributed by atoms with Gasteiger partial charge in [-0.3, -0.25) is 4.90 Å². The van der Waals surface area contributed by atoms with Crippen molar-refractivity contribution < 1.29 is 9.53 Å². The van der Waals surface area contributed by atoms with Crippen molar-refractivity contribution in [3.05, 3.63) is 35.9 Å². The van der Waals surface area contributed by atoms with Crippen LogP contribution in [0.25, 0.3) is 0 Å². The predicted octanol–water partition coefficient (Wildman–Crippen LogP) is 1.37. The van der Waals surface area contributed by atoms with Crippen molar-refractivity contribution in [2.75, 3.05) is 13.1 Å². The summed E-state index contributed by atoms with van der Waals surface area (Å²) < 4.78 is 5.30. The minimum absolute atomic E-state index is 0.174. The maximum atomic E-state index is 11.8. The molecular formula is C13H16N2O2. The van der Waals surface area contributed by atoms with Gasteiger partial charge in [0.2, 0.25) is 0 Å². The molecule has 0 radical (unpaired) electrons. The Labute approximate surface area is 101 Å². The quantitative estimate of drug-likeness (QED) is 0.783. The first-order valence-electron chi connectivity index (χ1n) is 6.06. The van der Waals surface area contributed by atoms with E-state index in [4.69, 9.17) is 4.74 Å². The summed E-state index contributed by atoms with van der Waals surface area (Å²) in [5.41, 5.74) is 1.03. The van der Waals surface area contributed by atoms with Crippen LogP contribution in [0.1, 0.15) is 12.0 Å². The van der Waals surface area contributed by atoms with Crippen LogP contribution in [0.2, 0.25) is 0 Å². The van der Waals surface area contributed by atoms with Crippen molar-refractivity contribution >= 4 is 6.09 Å². The molecule has 2 atom stereocenters. The highest BCUT2D eigenvalue weighted by Crippen LogP contribution is 2.33. The average Bonchev–Trinajstić information content (AvgIpc) is 3.11. The SMILES string of the molecule is O=C(OCc1ccccc1)N1[C@@H]2CCNC[C@@H]21. The van der Waals surface area contributed by atoms with E-state index in [1.807, 2.05) is 35.2 Å². The minimum atomic E-state index is -0.174. The largest absolute Gasteiger partial charge is 0.445 e. The third-order valence-corrected chi connectivity index (χ3v) is 3.46. The summed E-state index contributed by atoms with van der Waals surface area (Å²) >= 11 is 0. The van der Waals surface area contributed by atoms with E-state index in [1.54, 1.807) is 0 Å². The Morgan fingerprint density at radius 1 is 1.35 bits per heavy atom. The van der Waals surface area contributed by atoms with E-state index in [0.717, 1.165) is 25.1 Å². The van der Waals surface area contributed by atoms with E-state index in [9.17, 15) is 4.79 Å². The predicted molar refractivity (Wildman–Crippen MR) is 63.5 cm³/mol. The van der Waals surface area contributed by atoms with Crippen LogP contribution in [0.5, 0.6) is 0 Å². The van der Waals surface area contributed by atoms with Crippen LogP contribution in [-0.2, 0) is 11.3 Å². The lowest BCUT2D eigenvalue weighted by molar-refractivity contribution is 0.120. The fourth-order valence-electron chi connectivity index (χ4n) is 2.47. The lowest BCUT2D eigenvalue weighted by Crippen LogP contribution is -2.28. The normalized spacial score (nSPS) is 26.2. The van der Waals surface area contributed by atoms with Crippen molar-refractivity contribution in [1.29, 1.82) is 0 Å². The number of benzene rings is 1. The Hall–Kier alpha value is -1.55. The van der Waals surface area contributed by atoms with Crippen LogP contribution in [0.3, 0.4) is 0 Å². The zero-order chi connectivity index (χ0) is 11.7. The Balaban J connectivity index is 1.51. The van der Waals surface area contributed by atoms with Crippen molar-refractivity contribution in [1.82, 2.24) is 10.2 Å². The van der Waals surface area contributed by atoms with E-state index in [1.165, 1.54) is 0 Å². The second kappa shape index (κ2) is 4.37. The number of amides is 1. The van der Waals surface area contributed by atoms with Gasteiger partial charge in [-0.1, -0.05) is 30.3 Å². The molecule has 0 aliphatic carbocycles. The van der Waals surface area contributed by atoms with Gasteiger partial charge in [0.25, 0.3) is 0 Å². The van der Waals surface area contributed by atoms with Crippen molar-refractivity contribution in [2.24, 2.45) is 0 Å². The van der Waals surface area contributed by atoms with Crippen LogP contribution < -0.4 is 5.32 Å². The molecule has 0 saturated carbocycles. The molecule has 0 aromatic heterocycles. The van der Waals surface area contributed by atoms with Crippen LogP contribution >= 0.6 is 0 Å². The highest BCUT2D eigenvalue weighted by molar-refractivity contribution is 5.72. The Morgan fingerprint density at radius 3 is 2.88 bits per heavy atom. The summed E-state index contributed by atoms with van der Waals surface area (Å²) in [5.74, 6) is 0. The third-order valence-electron chi connectivity index (χ3n) is 3.46. The van der Waals surface area contributed by atoms with Crippen LogP contribution in [-0.4, -0.2) is 36.2 Å². The molecule has 2 fully saturated rings. The van der Waals surface area contributed by atoms with Gasteiger partial charge in [0.05, 0.1) is 12.1 Å². The maximum absolute atomic E-state index is 11.8. The Kier molecular flexibility index (Phi) is 2.73. The zero-order valence-corrected chi connectivity index (χ0v) is 9.63. The molecule has 0 bridgehead atoms. The van der Waals surface area contributed by atoms with Crippen molar-refractivity contribution in [3.8, 4) is 0 Å². The number of ether oxygens (including phenoxy) is 1. The molecule has 1 aromatic rings. The first-order chi connectivity index (χ1) is 8.36. The minimum Gasteiger partial charge on any atom is -0.445 e. The molecule has 2 saturated heterocycles. The number of hydrogen-bond acceptors (Lipinski definition) is 3. The molecule has 90 valence electrons. The number of nitrogens with one attached hydrogen (secondary N) is 1. The van der Waals surface area contributed by atoms with Gasteiger partial charge >= 0.3 is 6.09 Å². The number of hydrogen-bond donors (Lipinski definition) is 1. The van der Waals surface area contributed by atoms with Gasteiger partial charge in [0, 0.05) is 6.54 Å². The fourth-order valence-corrected chi connectivity index (χ4v) is 2.47. The average molecular weight is 232 g/mol. The molecule has 1 amide bonds. The van der Waals surface area contributed by atoms with E-state index < -0.39 is 0 Å². The standard InChI is InChI=1S/C13H16N2O2/c16-13(15-11-6-7-14-8-12(11)15)17-9-10-4-2-1-3-5-10/h1-5,11-12,14H,6-9H2/t11-,12+,15?/m1/s1.